The smallest absolute Gasteiger partial charge is 0.305 e. The maximum absolute atomic E-state index is 13.2. The van der Waals surface area contributed by atoms with Gasteiger partial charge in [-0.05, 0) is 24.5 Å². The molecule has 1 heterocycles. The number of hydrogen-bond acceptors (Lipinski definition) is 5. The molecule has 0 unspecified atom stereocenters. The zero-order valence-corrected chi connectivity index (χ0v) is 10.4. The maximum atomic E-state index is 13.2. The van der Waals surface area contributed by atoms with Gasteiger partial charge in [-0.25, -0.2) is 9.37 Å². The Morgan fingerprint density at radius 3 is 3.11 bits per heavy atom. The van der Waals surface area contributed by atoms with Crippen molar-refractivity contribution in [1.29, 1.82) is 0 Å². The largest absolute Gasteiger partial charge is 0.469 e. The summed E-state index contributed by atoms with van der Waals surface area (Å²) in [7, 11) is 1.33. The molecule has 0 saturated carbocycles. The summed E-state index contributed by atoms with van der Waals surface area (Å²) in [6.07, 6.45) is 2.31. The molecule has 1 aromatic heterocycles. The third-order valence-corrected chi connectivity index (χ3v) is 2.18. The molecule has 1 N–H and O–H groups in total. The summed E-state index contributed by atoms with van der Waals surface area (Å²) in [6.45, 7) is 0. The Labute approximate surface area is 110 Å². The molecule has 0 saturated heterocycles. The molecule has 19 heavy (non-hydrogen) atoms. The highest BCUT2D eigenvalue weighted by Crippen LogP contribution is 2.03. The Balaban J connectivity index is 2.58. The van der Waals surface area contributed by atoms with Crippen LogP contribution in [0.25, 0.3) is 0 Å². The Morgan fingerprint density at radius 2 is 2.42 bits per heavy atom. The van der Waals surface area contributed by atoms with Gasteiger partial charge in [-0.3, -0.25) is 4.79 Å². The van der Waals surface area contributed by atoms with Gasteiger partial charge >= 0.3 is 5.97 Å². The monoisotopic (exact) mass is 264 g/mol. The van der Waals surface area contributed by atoms with Crippen molar-refractivity contribution in [3.8, 4) is 11.8 Å². The van der Waals surface area contributed by atoms with Crippen LogP contribution < -0.4 is 0 Å². The number of carbonyl (C=O) groups excluding carboxylic acids is 1. The van der Waals surface area contributed by atoms with Crippen LogP contribution in [-0.4, -0.2) is 29.5 Å². The van der Waals surface area contributed by atoms with E-state index in [0.29, 0.717) is 25.0 Å². The zero-order chi connectivity index (χ0) is 14.1. The lowest BCUT2D eigenvalue weighted by Gasteiger charge is -1.96. The molecule has 0 aliphatic carbocycles. The summed E-state index contributed by atoms with van der Waals surface area (Å²) >= 11 is 0. The quantitative estimate of drug-likeness (QED) is 0.224. The number of esters is 1. The summed E-state index contributed by atoms with van der Waals surface area (Å²) in [5, 5.41) is 11.1. The Bertz CT molecular complexity index is 532. The van der Waals surface area contributed by atoms with Crippen molar-refractivity contribution in [2.45, 2.75) is 19.3 Å². The van der Waals surface area contributed by atoms with Crippen LogP contribution in [0.15, 0.2) is 17.3 Å². The first-order valence-electron chi connectivity index (χ1n) is 5.57. The number of rotatable bonds is 4. The van der Waals surface area contributed by atoms with Gasteiger partial charge in [-0.2, -0.15) is 0 Å². The number of unbranched alkanes of at least 4 members (excludes halogenated alkanes) is 1. The van der Waals surface area contributed by atoms with Crippen molar-refractivity contribution < 1.29 is 19.1 Å². The average Bonchev–Trinajstić information content (AvgIpc) is 2.41. The van der Waals surface area contributed by atoms with Gasteiger partial charge in [-0.1, -0.05) is 11.1 Å². The first-order chi connectivity index (χ1) is 9.17. The third kappa shape index (κ3) is 5.17. The maximum Gasteiger partial charge on any atom is 0.305 e. The number of carbonyl (C=O) groups is 1. The average molecular weight is 264 g/mol. The molecule has 5 nitrogen and oxygen atoms in total. The van der Waals surface area contributed by atoms with Crippen molar-refractivity contribution in [2.75, 3.05) is 7.11 Å². The predicted molar refractivity (Wildman–Crippen MR) is 66.3 cm³/mol. The van der Waals surface area contributed by atoms with Gasteiger partial charge in [0.15, 0.2) is 5.82 Å². The van der Waals surface area contributed by atoms with Crippen molar-refractivity contribution in [3.05, 3.63) is 29.3 Å². The van der Waals surface area contributed by atoms with Crippen LogP contribution in [0.5, 0.6) is 0 Å². The molecular formula is C13H13FN2O3. The minimum absolute atomic E-state index is 0.0798. The fourth-order valence-electron chi connectivity index (χ4n) is 1.25. The van der Waals surface area contributed by atoms with E-state index in [1.54, 1.807) is 0 Å². The minimum Gasteiger partial charge on any atom is -0.469 e. The lowest BCUT2D eigenvalue weighted by molar-refractivity contribution is -0.140. The molecule has 100 valence electrons. The molecule has 0 aromatic carbocycles. The van der Waals surface area contributed by atoms with Gasteiger partial charge in [0.25, 0.3) is 0 Å². The topological polar surface area (TPSA) is 71.8 Å². The molecule has 1 aromatic rings. The second-order valence-electron chi connectivity index (χ2n) is 3.54. The van der Waals surface area contributed by atoms with E-state index < -0.39 is 5.82 Å². The molecule has 0 aliphatic heterocycles. The van der Waals surface area contributed by atoms with Gasteiger partial charge in [0, 0.05) is 12.8 Å². The fourth-order valence-corrected chi connectivity index (χ4v) is 1.25. The molecule has 0 fully saturated rings. The van der Waals surface area contributed by atoms with Gasteiger partial charge in [0.1, 0.15) is 11.4 Å². The van der Waals surface area contributed by atoms with E-state index >= 15 is 0 Å². The summed E-state index contributed by atoms with van der Waals surface area (Å²) in [5.41, 5.74) is 0.290. The normalized spacial score (nSPS) is 10.0. The van der Waals surface area contributed by atoms with Crippen molar-refractivity contribution in [1.82, 2.24) is 4.98 Å². The third-order valence-electron chi connectivity index (χ3n) is 2.18. The summed E-state index contributed by atoms with van der Waals surface area (Å²) in [5.74, 6) is 4.70. The number of nitrogens with zero attached hydrogens (tertiary/aromatic N) is 2. The molecular weight excluding hydrogens is 251 g/mol. The highest BCUT2D eigenvalue weighted by molar-refractivity contribution is 5.76. The number of aromatic nitrogens is 1. The van der Waals surface area contributed by atoms with E-state index in [9.17, 15) is 9.18 Å². The molecule has 0 bridgehead atoms. The van der Waals surface area contributed by atoms with Crippen LogP contribution in [0.4, 0.5) is 4.39 Å². The zero-order valence-electron chi connectivity index (χ0n) is 10.4. The minimum atomic E-state index is -0.589. The molecule has 0 amide bonds. The molecule has 0 radical (unpaired) electrons. The lowest BCUT2D eigenvalue weighted by Crippen LogP contribution is -1.98. The van der Waals surface area contributed by atoms with Crippen molar-refractivity contribution >= 4 is 12.2 Å². The van der Waals surface area contributed by atoms with Gasteiger partial charge in [-0.15, -0.1) is 0 Å². The van der Waals surface area contributed by atoms with Crippen molar-refractivity contribution in [3.63, 3.8) is 0 Å². The number of ether oxygens (including phenoxy) is 1. The first kappa shape index (κ1) is 14.6. The first-order valence-corrected chi connectivity index (χ1v) is 5.57. The Morgan fingerprint density at radius 1 is 1.63 bits per heavy atom. The molecule has 0 spiro atoms. The van der Waals surface area contributed by atoms with Gasteiger partial charge < -0.3 is 9.94 Å². The van der Waals surface area contributed by atoms with E-state index in [4.69, 9.17) is 5.21 Å². The number of halogens is 1. The van der Waals surface area contributed by atoms with Gasteiger partial charge in [0.2, 0.25) is 0 Å². The fraction of sp³-hybridized carbons (Fsp3) is 0.308. The Kier molecular flexibility index (Phi) is 6.03. The highest BCUT2D eigenvalue weighted by atomic mass is 19.1. The molecule has 1 rings (SSSR count). The number of methoxy groups -OCH3 is 1. The van der Waals surface area contributed by atoms with Crippen LogP contribution in [0, 0.1) is 17.7 Å². The van der Waals surface area contributed by atoms with Crippen LogP contribution >= 0.6 is 0 Å². The van der Waals surface area contributed by atoms with Crippen LogP contribution in [0.2, 0.25) is 0 Å². The molecule has 0 atom stereocenters. The number of pyridine rings is 1. The summed E-state index contributed by atoms with van der Waals surface area (Å²) in [4.78, 5) is 14.7. The molecule has 6 heteroatoms. The van der Waals surface area contributed by atoms with E-state index in [1.807, 2.05) is 0 Å². The lowest BCUT2D eigenvalue weighted by atomic mass is 10.2. The summed E-state index contributed by atoms with van der Waals surface area (Å²) < 4.78 is 17.7. The van der Waals surface area contributed by atoms with Gasteiger partial charge in [0.05, 0.1) is 13.3 Å². The summed E-state index contributed by atoms with van der Waals surface area (Å²) in [6, 6.07) is 2.62. The number of hydrogen-bond donors (Lipinski definition) is 1. The second-order valence-corrected chi connectivity index (χ2v) is 3.54. The van der Waals surface area contributed by atoms with E-state index in [1.165, 1.54) is 19.2 Å². The highest BCUT2D eigenvalue weighted by Gasteiger charge is 2.01. The van der Waals surface area contributed by atoms with Crippen LogP contribution in [0.3, 0.4) is 0 Å². The van der Waals surface area contributed by atoms with Crippen LogP contribution in [-0.2, 0) is 9.53 Å². The van der Waals surface area contributed by atoms with E-state index in [0.717, 1.165) is 6.21 Å². The Hall–Kier alpha value is -2.42. The molecule has 0 aliphatic rings. The predicted octanol–water partition coefficient (Wildman–Crippen LogP) is 1.72. The van der Waals surface area contributed by atoms with E-state index in [-0.39, 0.29) is 11.7 Å². The van der Waals surface area contributed by atoms with Crippen molar-refractivity contribution in [2.24, 2.45) is 5.16 Å². The van der Waals surface area contributed by atoms with E-state index in [2.05, 4.69) is 26.7 Å². The standard InChI is InChI=1S/C13H13FN2O3/c1-19-13(17)6-4-2-3-5-10-7-8-11(14)12(16-10)9-15-18/h7-9,18H,2,4,6H2,1H3. The number of oxime groups is 1. The SMILES string of the molecule is COC(=O)CCCC#Cc1ccc(F)c(C=NO)n1. The van der Waals surface area contributed by atoms with Crippen LogP contribution in [0.1, 0.15) is 30.7 Å². The second kappa shape index (κ2) is 7.82.